The van der Waals surface area contributed by atoms with E-state index in [0.717, 1.165) is 45.4 Å². The summed E-state index contributed by atoms with van der Waals surface area (Å²) >= 11 is 0. The van der Waals surface area contributed by atoms with Gasteiger partial charge in [0.15, 0.2) is 11.5 Å². The van der Waals surface area contributed by atoms with Crippen molar-refractivity contribution >= 4 is 0 Å². The number of benzene rings is 4. The van der Waals surface area contributed by atoms with Gasteiger partial charge in [-0.3, -0.25) is 0 Å². The Balaban J connectivity index is 1.36. The molecule has 0 aliphatic carbocycles. The highest BCUT2D eigenvalue weighted by molar-refractivity contribution is 5.71. The zero-order valence-electron chi connectivity index (χ0n) is 21.7. The molecule has 0 amide bonds. The van der Waals surface area contributed by atoms with Crippen LogP contribution in [0.2, 0.25) is 0 Å². The normalized spacial score (nSPS) is 12.3. The second-order valence-electron chi connectivity index (χ2n) is 9.32. The summed E-state index contributed by atoms with van der Waals surface area (Å²) in [6, 6.07) is 18.9. The minimum Gasteiger partial charge on any atom is -0.488 e. The molecule has 8 heteroatoms. The van der Waals surface area contributed by atoms with E-state index < -0.39 is 11.6 Å². The molecule has 202 valence electrons. The predicted octanol–water partition coefficient (Wildman–Crippen LogP) is 6.66. The lowest BCUT2D eigenvalue weighted by Crippen LogP contribution is -2.15. The average Bonchev–Trinajstić information content (AvgIpc) is 2.93. The number of hydrogen-bond acceptors (Lipinski definition) is 6. The Kier molecular flexibility index (Phi) is 7.95. The lowest BCUT2D eigenvalue weighted by atomic mass is 9.96. The van der Waals surface area contributed by atoms with Gasteiger partial charge in [0.1, 0.15) is 49.6 Å². The van der Waals surface area contributed by atoms with Gasteiger partial charge in [0, 0.05) is 29.8 Å². The van der Waals surface area contributed by atoms with E-state index in [0.29, 0.717) is 36.9 Å². The first-order valence-corrected chi connectivity index (χ1v) is 12.6. The van der Waals surface area contributed by atoms with Crippen molar-refractivity contribution in [2.45, 2.75) is 33.6 Å². The number of halogens is 2. The standard InChI is InChI=1S/C31H29F2NO5/c1-19-12-24(16-34-35)30(39-18-23-6-8-25(32)14-27(23)33)15-29(19)38-17-22-4-3-5-26(20(22)2)21-7-9-28-31(13-21)37-11-10-36-28/h3-9,12-15,34-35H,10-11,16-18H2,1-2H3. The maximum Gasteiger partial charge on any atom is 0.161 e. The topological polar surface area (TPSA) is 69.2 Å². The van der Waals surface area contributed by atoms with Crippen LogP contribution in [0, 0.1) is 25.5 Å². The Morgan fingerprint density at radius 2 is 1.56 bits per heavy atom. The van der Waals surface area contributed by atoms with Gasteiger partial charge in [0.2, 0.25) is 0 Å². The number of aryl methyl sites for hydroxylation is 1. The zero-order valence-corrected chi connectivity index (χ0v) is 21.7. The van der Waals surface area contributed by atoms with Crippen LogP contribution >= 0.6 is 0 Å². The van der Waals surface area contributed by atoms with Gasteiger partial charge in [0.05, 0.1) is 0 Å². The Labute approximate surface area is 225 Å². The summed E-state index contributed by atoms with van der Waals surface area (Å²) in [5, 5.41) is 9.28. The molecular formula is C31H29F2NO5. The summed E-state index contributed by atoms with van der Waals surface area (Å²) in [6.07, 6.45) is 0. The summed E-state index contributed by atoms with van der Waals surface area (Å²) in [5.74, 6) is 1.16. The number of nitrogens with one attached hydrogen (secondary N) is 1. The van der Waals surface area contributed by atoms with Gasteiger partial charge in [-0.05, 0) is 72.0 Å². The summed E-state index contributed by atoms with van der Waals surface area (Å²) in [5.41, 5.74) is 8.05. The van der Waals surface area contributed by atoms with Crippen molar-refractivity contribution in [3.05, 3.63) is 106 Å². The van der Waals surface area contributed by atoms with Crippen LogP contribution in [0.25, 0.3) is 11.1 Å². The molecule has 1 heterocycles. The van der Waals surface area contributed by atoms with E-state index >= 15 is 0 Å². The fraction of sp³-hybridized carbons (Fsp3) is 0.226. The molecule has 6 nitrogen and oxygen atoms in total. The first-order chi connectivity index (χ1) is 18.9. The molecule has 0 atom stereocenters. The summed E-state index contributed by atoms with van der Waals surface area (Å²) < 4.78 is 50.9. The first-order valence-electron chi connectivity index (χ1n) is 12.6. The van der Waals surface area contributed by atoms with E-state index in [2.05, 4.69) is 18.5 Å². The van der Waals surface area contributed by atoms with Crippen LogP contribution in [-0.2, 0) is 19.8 Å². The van der Waals surface area contributed by atoms with Crippen molar-refractivity contribution in [1.29, 1.82) is 0 Å². The van der Waals surface area contributed by atoms with Crippen LogP contribution in [0.1, 0.15) is 27.8 Å². The van der Waals surface area contributed by atoms with Gasteiger partial charge in [-0.1, -0.05) is 24.3 Å². The number of ether oxygens (including phenoxy) is 4. The zero-order chi connectivity index (χ0) is 27.4. The Hall–Kier alpha value is -4.14. The number of rotatable bonds is 9. The third-order valence-corrected chi connectivity index (χ3v) is 6.71. The van der Waals surface area contributed by atoms with Gasteiger partial charge in [-0.15, -0.1) is 0 Å². The van der Waals surface area contributed by atoms with Crippen LogP contribution < -0.4 is 24.4 Å². The Morgan fingerprint density at radius 1 is 0.795 bits per heavy atom. The highest BCUT2D eigenvalue weighted by atomic mass is 19.1. The molecule has 0 bridgehead atoms. The van der Waals surface area contributed by atoms with E-state index in [1.807, 2.05) is 43.3 Å². The van der Waals surface area contributed by atoms with E-state index in [9.17, 15) is 14.0 Å². The van der Waals surface area contributed by atoms with E-state index in [4.69, 9.17) is 18.9 Å². The second-order valence-corrected chi connectivity index (χ2v) is 9.32. The van der Waals surface area contributed by atoms with E-state index in [1.165, 1.54) is 12.1 Å². The molecule has 1 aliphatic heterocycles. The first kappa shape index (κ1) is 26.5. The maximum absolute atomic E-state index is 14.1. The second kappa shape index (κ2) is 11.7. The smallest absolute Gasteiger partial charge is 0.161 e. The lowest BCUT2D eigenvalue weighted by molar-refractivity contribution is 0.159. The average molecular weight is 534 g/mol. The van der Waals surface area contributed by atoms with Crippen molar-refractivity contribution in [1.82, 2.24) is 5.48 Å². The molecule has 0 unspecified atom stereocenters. The fourth-order valence-corrected chi connectivity index (χ4v) is 4.56. The molecule has 39 heavy (non-hydrogen) atoms. The van der Waals surface area contributed by atoms with Crippen LogP contribution in [0.15, 0.2) is 66.7 Å². The highest BCUT2D eigenvalue weighted by Crippen LogP contribution is 2.36. The van der Waals surface area contributed by atoms with Gasteiger partial charge < -0.3 is 24.2 Å². The van der Waals surface area contributed by atoms with Crippen molar-refractivity contribution in [2.75, 3.05) is 13.2 Å². The summed E-state index contributed by atoms with van der Waals surface area (Å²) in [4.78, 5) is 0. The number of hydrogen-bond donors (Lipinski definition) is 2. The highest BCUT2D eigenvalue weighted by Gasteiger charge is 2.16. The molecule has 0 saturated heterocycles. The van der Waals surface area contributed by atoms with Crippen molar-refractivity contribution < 1.29 is 32.9 Å². The largest absolute Gasteiger partial charge is 0.488 e. The SMILES string of the molecule is Cc1cc(CNO)c(OCc2ccc(F)cc2F)cc1OCc1cccc(-c2ccc3c(c2)OCCO3)c1C. The fourth-order valence-electron chi connectivity index (χ4n) is 4.56. The Morgan fingerprint density at radius 3 is 2.36 bits per heavy atom. The molecule has 0 radical (unpaired) electrons. The predicted molar refractivity (Wildman–Crippen MR) is 142 cm³/mol. The molecule has 0 saturated carbocycles. The molecule has 1 aliphatic rings. The molecule has 2 N–H and O–H groups in total. The van der Waals surface area contributed by atoms with Gasteiger partial charge in [-0.2, -0.15) is 0 Å². The van der Waals surface area contributed by atoms with Gasteiger partial charge in [-0.25, -0.2) is 14.3 Å². The molecule has 0 spiro atoms. The summed E-state index contributed by atoms with van der Waals surface area (Å²) in [7, 11) is 0. The Bertz CT molecular complexity index is 1490. The third kappa shape index (κ3) is 5.97. The van der Waals surface area contributed by atoms with Crippen LogP contribution in [0.5, 0.6) is 23.0 Å². The summed E-state index contributed by atoms with van der Waals surface area (Å²) in [6.45, 7) is 5.36. The number of fused-ring (bicyclic) bond motifs is 1. The van der Waals surface area contributed by atoms with E-state index in [1.54, 1.807) is 6.07 Å². The van der Waals surface area contributed by atoms with Crippen molar-refractivity contribution in [3.8, 4) is 34.1 Å². The molecule has 5 rings (SSSR count). The molecular weight excluding hydrogens is 504 g/mol. The lowest BCUT2D eigenvalue weighted by Gasteiger charge is -2.20. The van der Waals surface area contributed by atoms with E-state index in [-0.39, 0.29) is 18.7 Å². The van der Waals surface area contributed by atoms with Crippen LogP contribution in [0.4, 0.5) is 8.78 Å². The molecule has 0 aromatic heterocycles. The van der Waals surface area contributed by atoms with Crippen molar-refractivity contribution in [2.24, 2.45) is 0 Å². The maximum atomic E-state index is 14.1. The van der Waals surface area contributed by atoms with Gasteiger partial charge in [0.25, 0.3) is 0 Å². The van der Waals surface area contributed by atoms with Gasteiger partial charge >= 0.3 is 0 Å². The number of hydroxylamine groups is 1. The quantitative estimate of drug-likeness (QED) is 0.235. The molecule has 4 aromatic rings. The minimum absolute atomic E-state index is 0.107. The minimum atomic E-state index is -0.686. The van der Waals surface area contributed by atoms with Crippen molar-refractivity contribution in [3.63, 3.8) is 0 Å². The van der Waals surface area contributed by atoms with Crippen LogP contribution in [0.3, 0.4) is 0 Å². The monoisotopic (exact) mass is 533 g/mol. The molecule has 4 aromatic carbocycles. The van der Waals surface area contributed by atoms with Crippen LogP contribution in [-0.4, -0.2) is 18.4 Å². The third-order valence-electron chi connectivity index (χ3n) is 6.71. The molecule has 0 fully saturated rings.